The van der Waals surface area contributed by atoms with Crippen molar-refractivity contribution >= 4 is 17.9 Å². The highest BCUT2D eigenvalue weighted by atomic mass is 16.6. The van der Waals surface area contributed by atoms with Gasteiger partial charge < -0.3 is 14.8 Å². The monoisotopic (exact) mass is 412 g/mol. The van der Waals surface area contributed by atoms with Gasteiger partial charge in [0.2, 0.25) is 6.10 Å². The summed E-state index contributed by atoms with van der Waals surface area (Å²) >= 11 is 0. The summed E-state index contributed by atoms with van der Waals surface area (Å²) in [5.74, 6) is -0.633. The number of esters is 1. The Labute approximate surface area is 176 Å². The van der Waals surface area contributed by atoms with Gasteiger partial charge in [0.15, 0.2) is 6.61 Å². The fourth-order valence-corrected chi connectivity index (χ4v) is 2.83. The van der Waals surface area contributed by atoms with E-state index >= 15 is 0 Å². The lowest BCUT2D eigenvalue weighted by molar-refractivity contribution is -0.158. The van der Waals surface area contributed by atoms with Gasteiger partial charge in [0.05, 0.1) is 0 Å². The van der Waals surface area contributed by atoms with Gasteiger partial charge in [-0.2, -0.15) is 0 Å². The van der Waals surface area contributed by atoms with Gasteiger partial charge in [-0.3, -0.25) is 10.1 Å². The van der Waals surface area contributed by atoms with E-state index in [-0.39, 0.29) is 12.5 Å². The molecule has 0 aromatic heterocycles. The molecule has 0 radical (unpaired) electrons. The van der Waals surface area contributed by atoms with E-state index in [1.165, 1.54) is 0 Å². The molecule has 7 heteroatoms. The minimum Gasteiger partial charge on any atom is -0.482 e. The van der Waals surface area contributed by atoms with Gasteiger partial charge in [0.25, 0.3) is 5.91 Å². The first-order chi connectivity index (χ1) is 14.3. The van der Waals surface area contributed by atoms with Gasteiger partial charge >= 0.3 is 12.0 Å². The van der Waals surface area contributed by atoms with E-state index < -0.39 is 24.0 Å². The summed E-state index contributed by atoms with van der Waals surface area (Å²) in [7, 11) is 0. The maximum atomic E-state index is 12.5. The summed E-state index contributed by atoms with van der Waals surface area (Å²) in [6, 6.07) is 13.7. The number of urea groups is 1. The molecule has 2 N–H and O–H groups in total. The van der Waals surface area contributed by atoms with Crippen molar-refractivity contribution < 1.29 is 23.9 Å². The number of carbonyl (C=O) groups excluding carboxylic acids is 3. The summed E-state index contributed by atoms with van der Waals surface area (Å²) in [5.41, 5.74) is 2.43. The van der Waals surface area contributed by atoms with E-state index in [1.54, 1.807) is 37.3 Å². The highest BCUT2D eigenvalue weighted by Crippen LogP contribution is 2.27. The maximum Gasteiger partial charge on any atom is 0.345 e. The molecule has 0 saturated carbocycles. The molecular formula is C23H28N2O5. The Balaban J connectivity index is 2.10. The average Bonchev–Trinajstić information content (AvgIpc) is 2.71. The lowest BCUT2D eigenvalue weighted by Gasteiger charge is -2.19. The van der Waals surface area contributed by atoms with Crippen LogP contribution in [-0.4, -0.2) is 31.1 Å². The molecule has 0 aliphatic carbocycles. The van der Waals surface area contributed by atoms with Crippen LogP contribution >= 0.6 is 0 Å². The van der Waals surface area contributed by atoms with Gasteiger partial charge in [-0.25, -0.2) is 9.59 Å². The molecule has 160 valence electrons. The number of imide groups is 1. The van der Waals surface area contributed by atoms with Crippen LogP contribution in [0.4, 0.5) is 4.79 Å². The summed E-state index contributed by atoms with van der Waals surface area (Å²) in [4.78, 5) is 36.7. The van der Waals surface area contributed by atoms with Crippen molar-refractivity contribution in [2.45, 2.75) is 39.7 Å². The minimum absolute atomic E-state index is 0.219. The number of nitrogens with one attached hydrogen (secondary N) is 2. The number of rotatable bonds is 8. The zero-order chi connectivity index (χ0) is 22.1. The second-order valence-electron chi connectivity index (χ2n) is 7.11. The Hall–Kier alpha value is -3.35. The number of hydrogen-bond acceptors (Lipinski definition) is 5. The second-order valence-corrected chi connectivity index (χ2v) is 7.11. The molecule has 1 atom stereocenters. The third kappa shape index (κ3) is 6.62. The zero-order valence-corrected chi connectivity index (χ0v) is 17.7. The third-order valence-electron chi connectivity index (χ3n) is 4.30. The van der Waals surface area contributed by atoms with Crippen LogP contribution in [0.5, 0.6) is 5.75 Å². The Morgan fingerprint density at radius 1 is 1.03 bits per heavy atom. The van der Waals surface area contributed by atoms with Crippen molar-refractivity contribution in [3.05, 3.63) is 65.2 Å². The number of amides is 3. The van der Waals surface area contributed by atoms with Crippen molar-refractivity contribution in [3.63, 3.8) is 0 Å². The first-order valence-corrected chi connectivity index (χ1v) is 9.88. The lowest BCUT2D eigenvalue weighted by atomic mass is 10.0. The molecule has 2 rings (SSSR count). The largest absolute Gasteiger partial charge is 0.482 e. The first-order valence-electron chi connectivity index (χ1n) is 9.88. The van der Waals surface area contributed by atoms with Crippen molar-refractivity contribution in [1.82, 2.24) is 10.6 Å². The van der Waals surface area contributed by atoms with E-state index in [1.807, 2.05) is 39.0 Å². The van der Waals surface area contributed by atoms with Crippen molar-refractivity contribution in [2.75, 3.05) is 13.2 Å². The lowest BCUT2D eigenvalue weighted by Crippen LogP contribution is -2.42. The predicted octanol–water partition coefficient (Wildman–Crippen LogP) is 3.63. The Morgan fingerprint density at radius 2 is 1.73 bits per heavy atom. The normalized spacial score (nSPS) is 11.5. The summed E-state index contributed by atoms with van der Waals surface area (Å²) in [5, 5.41) is 4.65. The number of carbonyl (C=O) groups is 3. The van der Waals surface area contributed by atoms with Crippen molar-refractivity contribution in [1.29, 1.82) is 0 Å². The van der Waals surface area contributed by atoms with Gasteiger partial charge in [0, 0.05) is 12.1 Å². The van der Waals surface area contributed by atoms with Gasteiger partial charge in [0.1, 0.15) is 5.75 Å². The zero-order valence-electron chi connectivity index (χ0n) is 17.7. The molecular weight excluding hydrogens is 384 g/mol. The van der Waals surface area contributed by atoms with E-state index in [2.05, 4.69) is 10.6 Å². The molecule has 30 heavy (non-hydrogen) atoms. The predicted molar refractivity (Wildman–Crippen MR) is 113 cm³/mol. The molecule has 3 amide bonds. The molecule has 0 heterocycles. The Bertz CT molecular complexity index is 880. The number of hydrogen-bond donors (Lipinski definition) is 2. The highest BCUT2D eigenvalue weighted by Gasteiger charge is 2.26. The molecule has 0 aliphatic rings. The molecule has 2 aromatic rings. The van der Waals surface area contributed by atoms with E-state index in [9.17, 15) is 14.4 Å². The van der Waals surface area contributed by atoms with E-state index in [0.717, 1.165) is 11.1 Å². The average molecular weight is 412 g/mol. The Kier molecular flexibility index (Phi) is 8.41. The molecule has 0 aliphatic heterocycles. The molecule has 0 unspecified atom stereocenters. The van der Waals surface area contributed by atoms with Crippen LogP contribution in [0.15, 0.2) is 48.5 Å². The molecule has 0 bridgehead atoms. The quantitative estimate of drug-likeness (QED) is 0.646. The van der Waals surface area contributed by atoms with Crippen LogP contribution in [0, 0.1) is 6.92 Å². The van der Waals surface area contributed by atoms with E-state index in [4.69, 9.17) is 9.47 Å². The molecule has 0 fully saturated rings. The fraction of sp³-hybridized carbons (Fsp3) is 0.348. The van der Waals surface area contributed by atoms with E-state index in [0.29, 0.717) is 17.9 Å². The molecule has 7 nitrogen and oxygen atoms in total. The van der Waals surface area contributed by atoms with Crippen LogP contribution in [0.3, 0.4) is 0 Å². The fourth-order valence-electron chi connectivity index (χ4n) is 2.83. The number of benzene rings is 2. The number of aryl methyl sites for hydroxylation is 1. The van der Waals surface area contributed by atoms with Crippen LogP contribution < -0.4 is 15.4 Å². The van der Waals surface area contributed by atoms with Crippen LogP contribution in [0.2, 0.25) is 0 Å². The summed E-state index contributed by atoms with van der Waals surface area (Å²) < 4.78 is 11.1. The standard InChI is InChI=1S/C23H28N2O5/c1-5-24-23(28)25-22(27)21(17-9-7-6-8-10-17)30-20(26)14-29-19-13-16(4)11-12-18(19)15(2)3/h6-13,15,21H,5,14H2,1-4H3,(H2,24,25,27,28)/t21-/m1/s1. The third-order valence-corrected chi connectivity index (χ3v) is 4.30. The summed E-state index contributed by atoms with van der Waals surface area (Å²) in [6.07, 6.45) is -1.27. The second kappa shape index (κ2) is 11.0. The first kappa shape index (κ1) is 22.9. The molecule has 2 aromatic carbocycles. The highest BCUT2D eigenvalue weighted by molar-refractivity contribution is 5.97. The molecule has 0 saturated heterocycles. The van der Waals surface area contributed by atoms with Crippen LogP contribution in [0.1, 0.15) is 49.5 Å². The van der Waals surface area contributed by atoms with Gasteiger partial charge in [-0.15, -0.1) is 0 Å². The minimum atomic E-state index is -1.27. The SMILES string of the molecule is CCNC(=O)NC(=O)[C@H](OC(=O)COc1cc(C)ccc1C(C)C)c1ccccc1. The van der Waals surface area contributed by atoms with Crippen LogP contribution in [0.25, 0.3) is 0 Å². The Morgan fingerprint density at radius 3 is 2.37 bits per heavy atom. The topological polar surface area (TPSA) is 93.7 Å². The summed E-state index contributed by atoms with van der Waals surface area (Å²) in [6.45, 7) is 7.73. The molecule has 0 spiro atoms. The smallest absolute Gasteiger partial charge is 0.345 e. The van der Waals surface area contributed by atoms with Crippen molar-refractivity contribution in [2.24, 2.45) is 0 Å². The van der Waals surface area contributed by atoms with Crippen LogP contribution in [-0.2, 0) is 14.3 Å². The van der Waals surface area contributed by atoms with Gasteiger partial charge in [-0.1, -0.05) is 56.3 Å². The van der Waals surface area contributed by atoms with Gasteiger partial charge in [-0.05, 0) is 37.0 Å². The van der Waals surface area contributed by atoms with Crippen molar-refractivity contribution in [3.8, 4) is 5.75 Å². The number of ether oxygens (including phenoxy) is 2. The maximum absolute atomic E-state index is 12.5.